The highest BCUT2D eigenvalue weighted by Gasteiger charge is 2.11. The molecule has 0 amide bonds. The lowest BCUT2D eigenvalue weighted by atomic mass is 10.0. The van der Waals surface area contributed by atoms with E-state index in [1.165, 1.54) is 7.11 Å². The summed E-state index contributed by atoms with van der Waals surface area (Å²) in [6, 6.07) is 9.16. The van der Waals surface area contributed by atoms with Gasteiger partial charge in [-0.1, -0.05) is 37.6 Å². The Labute approximate surface area is 117 Å². The summed E-state index contributed by atoms with van der Waals surface area (Å²) >= 11 is 0. The van der Waals surface area contributed by atoms with Gasteiger partial charge in [0.05, 0.1) is 18.9 Å². The van der Waals surface area contributed by atoms with E-state index in [0.717, 1.165) is 24.0 Å². The summed E-state index contributed by atoms with van der Waals surface area (Å²) in [6.07, 6.45) is 1.25. The van der Waals surface area contributed by atoms with Gasteiger partial charge in [-0.05, 0) is 18.1 Å². The lowest BCUT2D eigenvalue weighted by Gasteiger charge is -2.09. The Bertz CT molecular complexity index is 575. The molecule has 0 radical (unpaired) electrons. The maximum absolute atomic E-state index is 11.3. The van der Waals surface area contributed by atoms with Crippen molar-refractivity contribution in [2.75, 3.05) is 7.11 Å². The lowest BCUT2D eigenvalue weighted by molar-refractivity contribution is 0.0594. The minimum absolute atomic E-state index is 0.317. The molecular weight excluding hydrogens is 256 g/mol. The van der Waals surface area contributed by atoms with Crippen LogP contribution in [0, 0.1) is 0 Å². The van der Waals surface area contributed by atoms with Crippen molar-refractivity contribution in [1.29, 1.82) is 0 Å². The number of nitrogens with one attached hydrogen (secondary N) is 1. The van der Waals surface area contributed by atoms with E-state index in [4.69, 9.17) is 0 Å². The predicted molar refractivity (Wildman–Crippen MR) is 75.2 cm³/mol. The van der Waals surface area contributed by atoms with E-state index in [9.17, 15) is 9.90 Å². The van der Waals surface area contributed by atoms with Crippen LogP contribution in [-0.4, -0.2) is 28.4 Å². The molecule has 1 aromatic heterocycles. The van der Waals surface area contributed by atoms with Gasteiger partial charge in [-0.3, -0.25) is 5.10 Å². The zero-order valence-electron chi connectivity index (χ0n) is 11.6. The highest BCUT2D eigenvalue weighted by molar-refractivity contribution is 5.88. The maximum atomic E-state index is 11.3. The van der Waals surface area contributed by atoms with Gasteiger partial charge in [-0.2, -0.15) is 5.10 Å². The number of esters is 1. The van der Waals surface area contributed by atoms with E-state index in [0.29, 0.717) is 11.4 Å². The Kier molecular flexibility index (Phi) is 4.53. The van der Waals surface area contributed by atoms with Gasteiger partial charge in [-0.15, -0.1) is 0 Å². The molecule has 106 valence electrons. The second kappa shape index (κ2) is 6.34. The summed E-state index contributed by atoms with van der Waals surface area (Å²) in [5.41, 5.74) is 2.75. The molecule has 0 saturated heterocycles. The number of hydrogen-bond donors (Lipinski definition) is 2. The lowest BCUT2D eigenvalue weighted by Crippen LogP contribution is -2.00. The number of carbonyl (C=O) groups excluding carboxylic acids is 1. The summed E-state index contributed by atoms with van der Waals surface area (Å²) in [5, 5.41) is 16.6. The number of hydrogen-bond acceptors (Lipinski definition) is 4. The van der Waals surface area contributed by atoms with E-state index in [-0.39, 0.29) is 0 Å². The van der Waals surface area contributed by atoms with Gasteiger partial charge in [0.15, 0.2) is 0 Å². The number of ether oxygens (including phenoxy) is 1. The van der Waals surface area contributed by atoms with Crippen LogP contribution < -0.4 is 0 Å². The molecule has 5 nitrogen and oxygen atoms in total. The van der Waals surface area contributed by atoms with Crippen LogP contribution in [0.5, 0.6) is 0 Å². The zero-order valence-corrected chi connectivity index (χ0v) is 11.6. The van der Waals surface area contributed by atoms with Crippen molar-refractivity contribution in [2.45, 2.75) is 25.9 Å². The van der Waals surface area contributed by atoms with E-state index >= 15 is 0 Å². The van der Waals surface area contributed by atoms with E-state index in [1.807, 2.05) is 31.2 Å². The summed E-state index contributed by atoms with van der Waals surface area (Å²) in [5.74, 6) is -0.446. The van der Waals surface area contributed by atoms with Gasteiger partial charge in [0, 0.05) is 5.56 Å². The van der Waals surface area contributed by atoms with Crippen LogP contribution in [0.4, 0.5) is 0 Å². The third-order valence-corrected chi connectivity index (χ3v) is 3.14. The molecule has 1 unspecified atom stereocenters. The largest absolute Gasteiger partial charge is 0.464 e. The zero-order chi connectivity index (χ0) is 14.5. The van der Waals surface area contributed by atoms with Crippen LogP contribution in [0.1, 0.15) is 41.9 Å². The molecule has 0 spiro atoms. The molecule has 5 heteroatoms. The fourth-order valence-electron chi connectivity index (χ4n) is 2.00. The highest BCUT2D eigenvalue weighted by Crippen LogP contribution is 2.23. The number of aromatic amines is 1. The van der Waals surface area contributed by atoms with Gasteiger partial charge >= 0.3 is 5.97 Å². The standard InChI is InChI=1S/C15H18N2O3/c1-3-4-14(18)11-7-5-10(6-8-11)12-9-13(17-16-12)15(19)20-2/h5-9,14,18H,3-4H2,1-2H3,(H,16,17). The van der Waals surface area contributed by atoms with Crippen molar-refractivity contribution in [3.8, 4) is 11.3 Å². The van der Waals surface area contributed by atoms with Crippen LogP contribution in [0.3, 0.4) is 0 Å². The van der Waals surface area contributed by atoms with Crippen molar-refractivity contribution in [3.05, 3.63) is 41.6 Å². The van der Waals surface area contributed by atoms with Crippen molar-refractivity contribution in [2.24, 2.45) is 0 Å². The first kappa shape index (κ1) is 14.3. The third-order valence-electron chi connectivity index (χ3n) is 3.14. The van der Waals surface area contributed by atoms with Gasteiger partial charge in [-0.25, -0.2) is 4.79 Å². The van der Waals surface area contributed by atoms with Crippen LogP contribution in [0.15, 0.2) is 30.3 Å². The average Bonchev–Trinajstić information content (AvgIpc) is 2.96. The number of aromatic nitrogens is 2. The third kappa shape index (κ3) is 3.05. The molecular formula is C15H18N2O3. The highest BCUT2D eigenvalue weighted by atomic mass is 16.5. The first-order chi connectivity index (χ1) is 9.65. The number of rotatable bonds is 5. The molecule has 0 bridgehead atoms. The Balaban J connectivity index is 2.17. The molecule has 2 rings (SSSR count). The number of aliphatic hydroxyl groups is 1. The summed E-state index contributed by atoms with van der Waals surface area (Å²) < 4.78 is 4.62. The smallest absolute Gasteiger partial charge is 0.356 e. The fraction of sp³-hybridized carbons (Fsp3) is 0.333. The molecule has 1 aromatic carbocycles. The first-order valence-corrected chi connectivity index (χ1v) is 6.57. The second-order valence-corrected chi connectivity index (χ2v) is 4.58. The van der Waals surface area contributed by atoms with Crippen molar-refractivity contribution in [3.63, 3.8) is 0 Å². The van der Waals surface area contributed by atoms with Crippen molar-refractivity contribution in [1.82, 2.24) is 10.2 Å². The number of carbonyl (C=O) groups is 1. The molecule has 2 N–H and O–H groups in total. The number of aliphatic hydroxyl groups excluding tert-OH is 1. The number of H-pyrrole nitrogens is 1. The number of methoxy groups -OCH3 is 1. The summed E-state index contributed by atoms with van der Waals surface area (Å²) in [7, 11) is 1.33. The predicted octanol–water partition coefficient (Wildman–Crippen LogP) is 2.70. The Hall–Kier alpha value is -2.14. The van der Waals surface area contributed by atoms with E-state index in [1.54, 1.807) is 6.07 Å². The van der Waals surface area contributed by atoms with Crippen LogP contribution in [-0.2, 0) is 4.74 Å². The monoisotopic (exact) mass is 274 g/mol. The molecule has 0 saturated carbocycles. The molecule has 2 aromatic rings. The topological polar surface area (TPSA) is 75.2 Å². The molecule has 1 atom stereocenters. The van der Waals surface area contributed by atoms with Crippen molar-refractivity contribution < 1.29 is 14.6 Å². The first-order valence-electron chi connectivity index (χ1n) is 6.57. The van der Waals surface area contributed by atoms with Gasteiger partial charge in [0.1, 0.15) is 5.69 Å². The molecule has 0 fully saturated rings. The summed E-state index contributed by atoms with van der Waals surface area (Å²) in [6.45, 7) is 2.04. The van der Waals surface area contributed by atoms with Crippen LogP contribution >= 0.6 is 0 Å². The van der Waals surface area contributed by atoms with Crippen LogP contribution in [0.25, 0.3) is 11.3 Å². The molecule has 0 aliphatic carbocycles. The molecule has 0 aliphatic heterocycles. The van der Waals surface area contributed by atoms with E-state index < -0.39 is 12.1 Å². The molecule has 0 aliphatic rings. The normalized spacial score (nSPS) is 12.2. The minimum atomic E-state index is -0.446. The summed E-state index contributed by atoms with van der Waals surface area (Å²) in [4.78, 5) is 11.3. The van der Waals surface area contributed by atoms with Crippen molar-refractivity contribution >= 4 is 5.97 Å². The quantitative estimate of drug-likeness (QED) is 0.822. The number of nitrogens with zero attached hydrogens (tertiary/aromatic N) is 1. The SMILES string of the molecule is CCCC(O)c1ccc(-c2cc(C(=O)OC)[nH]n2)cc1. The maximum Gasteiger partial charge on any atom is 0.356 e. The molecule has 1 heterocycles. The van der Waals surface area contributed by atoms with Gasteiger partial charge in [0.25, 0.3) is 0 Å². The fourth-order valence-corrected chi connectivity index (χ4v) is 2.00. The second-order valence-electron chi connectivity index (χ2n) is 4.58. The van der Waals surface area contributed by atoms with Crippen LogP contribution in [0.2, 0.25) is 0 Å². The van der Waals surface area contributed by atoms with Gasteiger partial charge in [0.2, 0.25) is 0 Å². The molecule has 20 heavy (non-hydrogen) atoms. The average molecular weight is 274 g/mol. The Morgan fingerprint density at radius 3 is 2.70 bits per heavy atom. The van der Waals surface area contributed by atoms with E-state index in [2.05, 4.69) is 14.9 Å². The Morgan fingerprint density at radius 2 is 2.10 bits per heavy atom. The Morgan fingerprint density at radius 1 is 1.40 bits per heavy atom. The number of benzene rings is 1. The van der Waals surface area contributed by atoms with Gasteiger partial charge < -0.3 is 9.84 Å². The minimum Gasteiger partial charge on any atom is -0.464 e.